The molecule has 0 saturated carbocycles. The summed E-state index contributed by atoms with van der Waals surface area (Å²) in [6.45, 7) is 2.50. The van der Waals surface area contributed by atoms with Crippen LogP contribution in [0.25, 0.3) is 0 Å². The van der Waals surface area contributed by atoms with E-state index in [9.17, 15) is 13.2 Å². The zero-order valence-corrected chi connectivity index (χ0v) is 12.4. The average Bonchev–Trinajstić information content (AvgIpc) is 2.41. The van der Waals surface area contributed by atoms with Crippen molar-refractivity contribution in [3.63, 3.8) is 0 Å². The molecule has 0 radical (unpaired) electrons. The van der Waals surface area contributed by atoms with Crippen LogP contribution in [0.3, 0.4) is 0 Å². The molecule has 0 aliphatic carbocycles. The highest BCUT2D eigenvalue weighted by molar-refractivity contribution is 7.85. The van der Waals surface area contributed by atoms with Crippen molar-refractivity contribution in [3.05, 3.63) is 29.8 Å². The summed E-state index contributed by atoms with van der Waals surface area (Å²) >= 11 is 0. The van der Waals surface area contributed by atoms with E-state index in [1.807, 2.05) is 0 Å². The minimum atomic E-state index is -4.23. The molecule has 1 N–H and O–H groups in total. The molecule has 112 valence electrons. The molecule has 0 aliphatic rings. The Morgan fingerprint density at radius 2 is 1.70 bits per heavy atom. The smallest absolute Gasteiger partial charge is 0.338 e. The first kappa shape index (κ1) is 16.7. The number of carbonyl (C=O) groups excluding carboxylic acids is 1. The lowest BCUT2D eigenvalue weighted by Crippen LogP contribution is -2.07. The van der Waals surface area contributed by atoms with Crippen LogP contribution >= 0.6 is 0 Å². The molecule has 0 aromatic heterocycles. The first-order chi connectivity index (χ1) is 9.45. The van der Waals surface area contributed by atoms with Crippen LogP contribution in [-0.4, -0.2) is 25.5 Å². The van der Waals surface area contributed by atoms with Crippen molar-refractivity contribution in [1.29, 1.82) is 0 Å². The quantitative estimate of drug-likeness (QED) is 0.453. The molecule has 0 amide bonds. The van der Waals surface area contributed by atoms with Gasteiger partial charge in [0.15, 0.2) is 0 Å². The van der Waals surface area contributed by atoms with Gasteiger partial charge in [0.25, 0.3) is 10.1 Å². The summed E-state index contributed by atoms with van der Waals surface area (Å²) in [5.74, 6) is -0.484. The molecule has 0 atom stereocenters. The Bertz CT molecular complexity index is 519. The Kier molecular flexibility index (Phi) is 6.67. The van der Waals surface area contributed by atoms with Crippen molar-refractivity contribution < 1.29 is 22.5 Å². The normalized spacial score (nSPS) is 11.3. The molecule has 5 nitrogen and oxygen atoms in total. The first-order valence-electron chi connectivity index (χ1n) is 6.70. The van der Waals surface area contributed by atoms with E-state index < -0.39 is 16.1 Å². The van der Waals surface area contributed by atoms with E-state index >= 15 is 0 Å². The van der Waals surface area contributed by atoms with Crippen molar-refractivity contribution in [2.24, 2.45) is 0 Å². The average molecular weight is 300 g/mol. The molecular formula is C14H20O5S. The second-order valence-corrected chi connectivity index (χ2v) is 5.97. The molecular weight excluding hydrogens is 280 g/mol. The number of ether oxygens (including phenoxy) is 1. The van der Waals surface area contributed by atoms with Gasteiger partial charge in [0.1, 0.15) is 0 Å². The molecule has 0 saturated heterocycles. The van der Waals surface area contributed by atoms with Crippen LogP contribution in [0.15, 0.2) is 29.2 Å². The standard InChI is InChI=1S/C14H20O5S/c1-2-3-4-5-6-11-19-14(15)12-7-9-13(10-8-12)20(16,17)18/h7-10H,2-6,11H2,1H3,(H,16,17,18). The predicted octanol–water partition coefficient (Wildman–Crippen LogP) is 3.06. The minimum Gasteiger partial charge on any atom is -0.462 e. The fourth-order valence-corrected chi connectivity index (χ4v) is 2.20. The van der Waals surface area contributed by atoms with E-state index in [1.54, 1.807) is 0 Å². The molecule has 0 aliphatic heterocycles. The van der Waals surface area contributed by atoms with Gasteiger partial charge >= 0.3 is 5.97 Å². The number of hydrogen-bond acceptors (Lipinski definition) is 4. The van der Waals surface area contributed by atoms with Crippen LogP contribution in [0.5, 0.6) is 0 Å². The molecule has 0 spiro atoms. The van der Waals surface area contributed by atoms with Crippen molar-refractivity contribution in [1.82, 2.24) is 0 Å². The summed E-state index contributed by atoms with van der Waals surface area (Å²) in [5.41, 5.74) is 0.269. The number of unbranched alkanes of at least 4 members (excludes halogenated alkanes) is 4. The van der Waals surface area contributed by atoms with Crippen LogP contribution in [0, 0.1) is 0 Å². The second-order valence-electron chi connectivity index (χ2n) is 4.55. The van der Waals surface area contributed by atoms with Crippen molar-refractivity contribution in [2.75, 3.05) is 6.61 Å². The van der Waals surface area contributed by atoms with Crippen LogP contribution in [0.2, 0.25) is 0 Å². The lowest BCUT2D eigenvalue weighted by molar-refractivity contribution is 0.0497. The first-order valence-corrected chi connectivity index (χ1v) is 8.14. The number of esters is 1. The van der Waals surface area contributed by atoms with Crippen LogP contribution in [-0.2, 0) is 14.9 Å². The zero-order chi connectivity index (χ0) is 15.0. The van der Waals surface area contributed by atoms with Crippen LogP contribution in [0.4, 0.5) is 0 Å². The summed E-state index contributed by atoms with van der Waals surface area (Å²) in [4.78, 5) is 11.4. The highest BCUT2D eigenvalue weighted by Gasteiger charge is 2.11. The topological polar surface area (TPSA) is 80.7 Å². The summed E-state index contributed by atoms with van der Waals surface area (Å²) in [6, 6.07) is 4.99. The van der Waals surface area contributed by atoms with Gasteiger partial charge in [0, 0.05) is 0 Å². The summed E-state index contributed by atoms with van der Waals surface area (Å²) in [7, 11) is -4.23. The molecule has 1 aromatic rings. The highest BCUT2D eigenvalue weighted by atomic mass is 32.2. The highest BCUT2D eigenvalue weighted by Crippen LogP contribution is 2.11. The summed E-state index contributed by atoms with van der Waals surface area (Å²) in [5, 5.41) is 0. The third-order valence-corrected chi connectivity index (χ3v) is 3.74. The number of rotatable bonds is 8. The number of hydrogen-bond donors (Lipinski definition) is 1. The van der Waals surface area contributed by atoms with E-state index in [-0.39, 0.29) is 10.5 Å². The molecule has 0 bridgehead atoms. The Morgan fingerprint density at radius 3 is 2.25 bits per heavy atom. The van der Waals surface area contributed by atoms with E-state index in [2.05, 4.69) is 6.92 Å². The van der Waals surface area contributed by atoms with Gasteiger partial charge in [-0.15, -0.1) is 0 Å². The Hall–Kier alpha value is -1.40. The van der Waals surface area contributed by atoms with Crippen molar-refractivity contribution in [3.8, 4) is 0 Å². The summed E-state index contributed by atoms with van der Waals surface area (Å²) in [6.07, 6.45) is 5.35. The lowest BCUT2D eigenvalue weighted by atomic mass is 10.2. The third kappa shape index (κ3) is 5.71. The minimum absolute atomic E-state index is 0.242. The maximum Gasteiger partial charge on any atom is 0.338 e. The monoisotopic (exact) mass is 300 g/mol. The van der Waals surface area contributed by atoms with Crippen molar-refractivity contribution in [2.45, 2.75) is 43.9 Å². The number of benzene rings is 1. The van der Waals surface area contributed by atoms with E-state index in [4.69, 9.17) is 9.29 Å². The van der Waals surface area contributed by atoms with Gasteiger partial charge in [0.05, 0.1) is 17.1 Å². The fourth-order valence-electron chi connectivity index (χ4n) is 1.72. The van der Waals surface area contributed by atoms with Gasteiger partial charge in [-0.2, -0.15) is 8.42 Å². The molecule has 20 heavy (non-hydrogen) atoms. The molecule has 0 unspecified atom stereocenters. The van der Waals surface area contributed by atoms with Crippen LogP contribution < -0.4 is 0 Å². The Labute approximate surface area is 119 Å². The van der Waals surface area contributed by atoms with Gasteiger partial charge in [-0.25, -0.2) is 4.79 Å². The van der Waals surface area contributed by atoms with Crippen LogP contribution in [0.1, 0.15) is 49.4 Å². The van der Waals surface area contributed by atoms with Gasteiger partial charge in [-0.1, -0.05) is 32.6 Å². The molecule has 0 heterocycles. The van der Waals surface area contributed by atoms with Gasteiger partial charge in [-0.3, -0.25) is 4.55 Å². The Balaban J connectivity index is 2.40. The Morgan fingerprint density at radius 1 is 1.10 bits per heavy atom. The summed E-state index contributed by atoms with van der Waals surface area (Å²) < 4.78 is 35.6. The van der Waals surface area contributed by atoms with E-state index in [0.29, 0.717) is 6.61 Å². The second kappa shape index (κ2) is 8.01. The molecule has 0 fully saturated rings. The van der Waals surface area contributed by atoms with Gasteiger partial charge in [-0.05, 0) is 30.7 Å². The lowest BCUT2D eigenvalue weighted by Gasteiger charge is -2.05. The predicted molar refractivity (Wildman–Crippen MR) is 75.3 cm³/mol. The fraction of sp³-hybridized carbons (Fsp3) is 0.500. The zero-order valence-electron chi connectivity index (χ0n) is 11.5. The molecule has 6 heteroatoms. The SMILES string of the molecule is CCCCCCCOC(=O)c1ccc(S(=O)(=O)O)cc1. The van der Waals surface area contributed by atoms with Crippen molar-refractivity contribution >= 4 is 16.1 Å². The number of carbonyl (C=O) groups is 1. The largest absolute Gasteiger partial charge is 0.462 e. The van der Waals surface area contributed by atoms with E-state index in [1.165, 1.54) is 37.1 Å². The van der Waals surface area contributed by atoms with Gasteiger partial charge in [0.2, 0.25) is 0 Å². The van der Waals surface area contributed by atoms with Gasteiger partial charge < -0.3 is 4.74 Å². The maximum atomic E-state index is 11.7. The molecule has 1 aromatic carbocycles. The molecule has 1 rings (SSSR count). The maximum absolute atomic E-state index is 11.7. The van der Waals surface area contributed by atoms with E-state index in [0.717, 1.165) is 19.3 Å². The third-order valence-electron chi connectivity index (χ3n) is 2.87.